The molecule has 0 aliphatic rings. The Balaban J connectivity index is 1.19. The number of anilines is 6. The van der Waals surface area contributed by atoms with Crippen LogP contribution >= 0.6 is 0 Å². The van der Waals surface area contributed by atoms with Crippen molar-refractivity contribution in [2.45, 2.75) is 55.4 Å². The van der Waals surface area contributed by atoms with Crippen molar-refractivity contribution >= 4 is 98.8 Å². The molecule has 13 rings (SSSR count). The van der Waals surface area contributed by atoms with E-state index >= 15 is 0 Å². The fraction of sp³-hybridized carbons (Fsp3) is 0.114. The third-order valence-electron chi connectivity index (χ3n) is 15.1. The second-order valence-corrected chi connectivity index (χ2v) is 20.8. The van der Waals surface area contributed by atoms with E-state index in [2.05, 4.69) is 259 Å². The number of hydrogen-bond donors (Lipinski definition) is 0. The topological polar surface area (TPSA) is 6.48 Å². The van der Waals surface area contributed by atoms with E-state index in [-0.39, 0.29) is 0 Å². The van der Waals surface area contributed by atoms with Crippen molar-refractivity contribution in [3.05, 3.63) is 239 Å². The van der Waals surface area contributed by atoms with Crippen LogP contribution in [0.15, 0.2) is 194 Å². The molecule has 13 aromatic carbocycles. The van der Waals surface area contributed by atoms with Gasteiger partial charge in [0.25, 0.3) is 0 Å². The first kappa shape index (κ1) is 43.6. The van der Waals surface area contributed by atoms with Crippen LogP contribution in [0.2, 0.25) is 0 Å². The monoisotopic (exact) mass is 924 g/mol. The van der Waals surface area contributed by atoms with Crippen LogP contribution in [0.4, 0.5) is 34.1 Å². The van der Waals surface area contributed by atoms with Gasteiger partial charge in [-0.2, -0.15) is 0 Å². The van der Waals surface area contributed by atoms with Gasteiger partial charge in [0, 0.05) is 33.5 Å². The molecule has 346 valence electrons. The fourth-order valence-corrected chi connectivity index (χ4v) is 12.8. The molecule has 0 heterocycles. The number of hydrogen-bond acceptors (Lipinski definition) is 2. The van der Waals surface area contributed by atoms with E-state index in [1.165, 1.54) is 166 Å². The summed E-state index contributed by atoms with van der Waals surface area (Å²) in [6.07, 6.45) is 0. The highest BCUT2D eigenvalue weighted by Gasteiger charge is 2.30. The zero-order chi connectivity index (χ0) is 49.1. The first-order valence-corrected chi connectivity index (χ1v) is 25.4. The molecule has 0 unspecified atom stereocenters. The molecule has 0 spiro atoms. The molecule has 0 atom stereocenters. The summed E-state index contributed by atoms with van der Waals surface area (Å²) < 4.78 is 0. The van der Waals surface area contributed by atoms with Crippen molar-refractivity contribution in [2.75, 3.05) is 9.80 Å². The molecule has 0 fully saturated rings. The second-order valence-electron chi connectivity index (χ2n) is 20.8. The van der Waals surface area contributed by atoms with Gasteiger partial charge < -0.3 is 9.80 Å². The van der Waals surface area contributed by atoms with Gasteiger partial charge in [-0.05, 0) is 237 Å². The summed E-state index contributed by atoms with van der Waals surface area (Å²) in [7, 11) is 0. The minimum Gasteiger partial charge on any atom is -0.310 e. The summed E-state index contributed by atoms with van der Waals surface area (Å²) in [4.78, 5) is 4.99. The summed E-state index contributed by atoms with van der Waals surface area (Å²) >= 11 is 0. The van der Waals surface area contributed by atoms with Gasteiger partial charge in [-0.1, -0.05) is 133 Å². The van der Waals surface area contributed by atoms with Gasteiger partial charge in [0.15, 0.2) is 0 Å². The lowest BCUT2D eigenvalue weighted by molar-refractivity contribution is 1.24. The number of nitrogens with zero attached hydrogens (tertiary/aromatic N) is 2. The molecule has 72 heavy (non-hydrogen) atoms. The number of benzene rings is 11. The molecule has 13 aromatic rings. The Kier molecular flexibility index (Phi) is 10.0. The highest BCUT2D eigenvalue weighted by atomic mass is 15.1. The first-order chi connectivity index (χ1) is 35.0. The van der Waals surface area contributed by atoms with Crippen LogP contribution < -0.4 is 9.80 Å². The summed E-state index contributed by atoms with van der Waals surface area (Å²) in [6.45, 7) is 17.7. The van der Waals surface area contributed by atoms with E-state index < -0.39 is 0 Å². The highest BCUT2D eigenvalue weighted by molar-refractivity contribution is 6.47. The molecule has 0 bridgehead atoms. The van der Waals surface area contributed by atoms with Crippen LogP contribution in [0.5, 0.6) is 0 Å². The molecular weight excluding hydrogens is 869 g/mol. The number of fused-ring (bicyclic) bond motifs is 6. The average Bonchev–Trinajstić information content (AvgIpc) is 3.86. The molecule has 0 radical (unpaired) electrons. The Bertz CT molecular complexity index is 3780. The minimum absolute atomic E-state index is 1.17. The van der Waals surface area contributed by atoms with E-state index in [9.17, 15) is 0 Å². The van der Waals surface area contributed by atoms with E-state index in [1.54, 1.807) is 0 Å². The van der Waals surface area contributed by atoms with Gasteiger partial charge in [-0.25, -0.2) is 0 Å². The lowest BCUT2D eigenvalue weighted by atomic mass is 9.87. The van der Waals surface area contributed by atoms with Crippen molar-refractivity contribution in [2.24, 2.45) is 0 Å². The first-order valence-electron chi connectivity index (χ1n) is 25.4. The smallest absolute Gasteiger partial charge is 0.0540 e. The van der Waals surface area contributed by atoms with Gasteiger partial charge in [-0.3, -0.25) is 0 Å². The van der Waals surface area contributed by atoms with E-state index in [1.807, 2.05) is 0 Å². The molecule has 0 aliphatic carbocycles. The molecule has 0 aliphatic heterocycles. The second kappa shape index (κ2) is 16.6. The lowest BCUT2D eigenvalue weighted by Gasteiger charge is -2.28. The summed E-state index contributed by atoms with van der Waals surface area (Å²) in [5.41, 5.74) is 22.0. The van der Waals surface area contributed by atoms with Crippen molar-refractivity contribution in [1.82, 2.24) is 0 Å². The fourth-order valence-electron chi connectivity index (χ4n) is 12.8. The van der Waals surface area contributed by atoms with E-state index in [4.69, 9.17) is 0 Å². The standard InChI is InChI=1S/C70H56N2/c1-41-29-42(2)34-51(33-41)71(52-35-43(3)30-44(4)36-52)61-27-25-59-65-55(61)21-15-23-57(65)67-63(49-17-11-9-12-18-49)68-58-24-16-22-56-62(28-26-60(66(56)58)70(68)64(69(59)67)50-19-13-10-14-20-50)72(53-37-45(5)31-46(6)38-53)54-39-47(7)32-48(8)40-54/h9-40H,1-8H3. The van der Waals surface area contributed by atoms with Gasteiger partial charge in [0.05, 0.1) is 11.4 Å². The van der Waals surface area contributed by atoms with Gasteiger partial charge in [0.1, 0.15) is 0 Å². The van der Waals surface area contributed by atoms with Crippen LogP contribution in [0.3, 0.4) is 0 Å². The number of rotatable bonds is 8. The number of aryl methyl sites for hydroxylation is 8. The molecule has 0 saturated heterocycles. The Morgan fingerprint density at radius 1 is 0.222 bits per heavy atom. The summed E-state index contributed by atoms with van der Waals surface area (Å²) in [5, 5.41) is 15.4. The van der Waals surface area contributed by atoms with Crippen molar-refractivity contribution in [3.8, 4) is 22.3 Å². The summed E-state index contributed by atoms with van der Waals surface area (Å²) in [5.74, 6) is 0. The maximum Gasteiger partial charge on any atom is 0.0540 e. The van der Waals surface area contributed by atoms with Gasteiger partial charge in [-0.15, -0.1) is 0 Å². The Labute approximate surface area is 422 Å². The largest absolute Gasteiger partial charge is 0.310 e. The van der Waals surface area contributed by atoms with Crippen LogP contribution in [-0.4, -0.2) is 0 Å². The van der Waals surface area contributed by atoms with E-state index in [0.717, 1.165) is 0 Å². The Morgan fingerprint density at radius 2 is 0.486 bits per heavy atom. The van der Waals surface area contributed by atoms with Crippen molar-refractivity contribution in [1.29, 1.82) is 0 Å². The van der Waals surface area contributed by atoms with Gasteiger partial charge in [0.2, 0.25) is 0 Å². The minimum atomic E-state index is 1.17. The van der Waals surface area contributed by atoms with Crippen LogP contribution in [0.25, 0.3) is 86.9 Å². The summed E-state index contributed by atoms with van der Waals surface area (Å²) in [6, 6.07) is 73.9. The SMILES string of the molecule is Cc1cc(C)cc(N(c2cc(C)cc(C)c2)c2ccc3c4c(-c5ccccc5)c5c6ccc(N(c7cc(C)cc(C)c7)c7cc(C)cc(C)c7)c7cccc(c5c(-c5ccccc5)c4c4cccc2c43)c76)c1. The Hall–Kier alpha value is -8.46. The van der Waals surface area contributed by atoms with Gasteiger partial charge >= 0.3 is 0 Å². The maximum atomic E-state index is 2.50. The van der Waals surface area contributed by atoms with Crippen LogP contribution in [0, 0.1) is 55.4 Å². The molecule has 0 saturated carbocycles. The highest BCUT2D eigenvalue weighted by Crippen LogP contribution is 2.58. The van der Waals surface area contributed by atoms with Crippen LogP contribution in [-0.2, 0) is 0 Å². The molecular formula is C70H56N2. The third kappa shape index (κ3) is 6.84. The average molecular weight is 925 g/mol. The normalized spacial score (nSPS) is 11.9. The van der Waals surface area contributed by atoms with E-state index in [0.29, 0.717) is 0 Å². The van der Waals surface area contributed by atoms with Crippen molar-refractivity contribution in [3.63, 3.8) is 0 Å². The lowest BCUT2D eigenvalue weighted by Crippen LogP contribution is -2.11. The molecule has 2 heteroatoms. The molecule has 0 N–H and O–H groups in total. The predicted molar refractivity (Wildman–Crippen MR) is 312 cm³/mol. The maximum absolute atomic E-state index is 2.50. The molecule has 0 amide bonds. The zero-order valence-corrected chi connectivity index (χ0v) is 42.4. The zero-order valence-electron chi connectivity index (χ0n) is 42.4. The predicted octanol–water partition coefficient (Wildman–Crippen LogP) is 20.2. The molecule has 2 nitrogen and oxygen atoms in total. The quantitative estimate of drug-likeness (QED) is 0.150. The van der Waals surface area contributed by atoms with Crippen LogP contribution in [0.1, 0.15) is 44.5 Å². The third-order valence-corrected chi connectivity index (χ3v) is 15.1. The van der Waals surface area contributed by atoms with Crippen molar-refractivity contribution < 1.29 is 0 Å². The molecule has 0 aromatic heterocycles. The Morgan fingerprint density at radius 3 is 0.778 bits per heavy atom.